The number of hydrogen-bond donors (Lipinski definition) is 2. The van der Waals surface area contributed by atoms with Crippen molar-refractivity contribution in [3.05, 3.63) is 30.1 Å². The molecule has 0 aliphatic carbocycles. The first kappa shape index (κ1) is 31.6. The number of likely N-dealkylation sites (N-methyl/N-ethyl adjacent to an activating group) is 1. The molecule has 1 aromatic rings. The fraction of sp³-hybridized carbons (Fsp3) is 0.571. The van der Waals surface area contributed by atoms with Crippen LogP contribution in [0, 0.1) is 11.3 Å². The third-order valence-corrected chi connectivity index (χ3v) is 5.68. The molecule has 0 aromatic carbocycles. The molecule has 1 amide bonds. The van der Waals surface area contributed by atoms with Crippen molar-refractivity contribution in [1.29, 1.82) is 5.26 Å². The summed E-state index contributed by atoms with van der Waals surface area (Å²) in [6.45, 7) is 4.37. The number of rotatable bonds is 3. The number of nitrogens with zero attached hydrogens (tertiary/aromatic N) is 5. The van der Waals surface area contributed by atoms with E-state index in [2.05, 4.69) is 26.9 Å². The monoisotopic (exact) mass is 541 g/mol. The zero-order chi connectivity index (χ0) is 28.4. The Hall–Kier alpha value is -3.45. The number of piperazine rings is 1. The highest BCUT2D eigenvalue weighted by molar-refractivity contribution is 5.87. The minimum Gasteiger partial charge on any atom is -0.475 e. The molecule has 2 N–H and O–H groups in total. The number of nitriles is 1. The summed E-state index contributed by atoms with van der Waals surface area (Å²) in [6, 6.07) is 6.16. The molecular weight excluding hydrogens is 516 g/mol. The van der Waals surface area contributed by atoms with Crippen LogP contribution in [0.15, 0.2) is 24.5 Å². The summed E-state index contributed by atoms with van der Waals surface area (Å²) in [7, 11) is 2.04. The highest BCUT2D eigenvalue weighted by atomic mass is 19.4. The van der Waals surface area contributed by atoms with Gasteiger partial charge in [0, 0.05) is 45.1 Å². The predicted molar refractivity (Wildman–Crippen MR) is 114 cm³/mol. The Morgan fingerprint density at radius 2 is 1.57 bits per heavy atom. The van der Waals surface area contributed by atoms with Crippen LogP contribution in [0.5, 0.6) is 0 Å². The first-order valence-corrected chi connectivity index (χ1v) is 10.6. The van der Waals surface area contributed by atoms with Crippen molar-refractivity contribution in [2.45, 2.75) is 37.3 Å². The van der Waals surface area contributed by atoms with E-state index in [-0.39, 0.29) is 12.5 Å². The zero-order valence-electron chi connectivity index (χ0n) is 19.6. The number of carboxylic acid groups (broad SMARTS) is 2. The molecule has 0 bridgehead atoms. The van der Waals surface area contributed by atoms with Crippen molar-refractivity contribution in [3.8, 4) is 6.07 Å². The van der Waals surface area contributed by atoms with Gasteiger partial charge in [-0.1, -0.05) is 6.07 Å². The van der Waals surface area contributed by atoms with Gasteiger partial charge in [-0.2, -0.15) is 31.6 Å². The van der Waals surface area contributed by atoms with Gasteiger partial charge in [-0.3, -0.25) is 19.6 Å². The second-order valence-electron chi connectivity index (χ2n) is 8.08. The SMILES string of the molecule is CN1CCN(CC#N)C(=O)C12CCN(Cc1cccnc1)CC2.O=C(O)C(F)(F)F.O=C(O)C(F)(F)F. The van der Waals surface area contributed by atoms with Crippen LogP contribution in [-0.4, -0.2) is 105 Å². The van der Waals surface area contributed by atoms with Crippen LogP contribution in [0.25, 0.3) is 0 Å². The fourth-order valence-electron chi connectivity index (χ4n) is 3.71. The van der Waals surface area contributed by atoms with Gasteiger partial charge in [0.05, 0.1) is 6.07 Å². The molecule has 0 radical (unpaired) electrons. The normalized spacial score (nSPS) is 18.1. The molecular formula is C21H25F6N5O5. The molecule has 0 unspecified atom stereocenters. The van der Waals surface area contributed by atoms with Gasteiger partial charge in [-0.15, -0.1) is 0 Å². The second kappa shape index (κ2) is 13.2. The van der Waals surface area contributed by atoms with Crippen LogP contribution >= 0.6 is 0 Å². The van der Waals surface area contributed by atoms with E-state index in [0.29, 0.717) is 6.54 Å². The fourth-order valence-corrected chi connectivity index (χ4v) is 3.71. The highest BCUT2D eigenvalue weighted by Gasteiger charge is 2.49. The van der Waals surface area contributed by atoms with Crippen molar-refractivity contribution in [2.24, 2.45) is 0 Å². The summed E-state index contributed by atoms with van der Waals surface area (Å²) in [4.78, 5) is 41.1. The van der Waals surface area contributed by atoms with Crippen LogP contribution in [0.4, 0.5) is 26.3 Å². The minimum atomic E-state index is -5.08. The van der Waals surface area contributed by atoms with Gasteiger partial charge in [0.1, 0.15) is 12.1 Å². The quantitative estimate of drug-likeness (QED) is 0.435. The smallest absolute Gasteiger partial charge is 0.475 e. The second-order valence-corrected chi connectivity index (χ2v) is 8.08. The molecule has 2 fully saturated rings. The first-order valence-electron chi connectivity index (χ1n) is 10.6. The van der Waals surface area contributed by atoms with E-state index in [1.54, 1.807) is 11.1 Å². The van der Waals surface area contributed by atoms with Crippen LogP contribution in [0.2, 0.25) is 0 Å². The van der Waals surface area contributed by atoms with Gasteiger partial charge in [0.15, 0.2) is 0 Å². The number of pyridine rings is 1. The van der Waals surface area contributed by atoms with Crippen LogP contribution < -0.4 is 0 Å². The Labute approximate surface area is 207 Å². The number of aromatic nitrogens is 1. The van der Waals surface area contributed by atoms with Gasteiger partial charge < -0.3 is 15.1 Å². The molecule has 16 heteroatoms. The van der Waals surface area contributed by atoms with Gasteiger partial charge in [-0.05, 0) is 31.5 Å². The van der Waals surface area contributed by atoms with Crippen molar-refractivity contribution in [1.82, 2.24) is 19.7 Å². The lowest BCUT2D eigenvalue weighted by Gasteiger charge is -2.51. The maximum Gasteiger partial charge on any atom is 0.490 e. The van der Waals surface area contributed by atoms with Crippen LogP contribution in [0.1, 0.15) is 18.4 Å². The number of likely N-dealkylation sites (tertiary alicyclic amines) is 1. The molecule has 1 spiro atoms. The molecule has 0 saturated carbocycles. The Bertz CT molecular complexity index is 935. The van der Waals surface area contributed by atoms with E-state index in [9.17, 15) is 31.1 Å². The topological polar surface area (TPSA) is 138 Å². The number of carbonyl (C=O) groups is 3. The van der Waals surface area contributed by atoms with Crippen LogP contribution in [-0.2, 0) is 20.9 Å². The third kappa shape index (κ3) is 9.50. The lowest BCUT2D eigenvalue weighted by Crippen LogP contribution is -2.67. The highest BCUT2D eigenvalue weighted by Crippen LogP contribution is 2.33. The molecule has 2 aliphatic rings. The number of alkyl halides is 6. The molecule has 10 nitrogen and oxygen atoms in total. The van der Waals surface area contributed by atoms with Crippen LogP contribution in [0.3, 0.4) is 0 Å². The maximum atomic E-state index is 12.9. The van der Waals surface area contributed by atoms with Gasteiger partial charge in [-0.25, -0.2) is 9.59 Å². The van der Waals surface area contributed by atoms with Crippen molar-refractivity contribution < 1.29 is 50.9 Å². The van der Waals surface area contributed by atoms with E-state index in [1.807, 2.05) is 19.3 Å². The largest absolute Gasteiger partial charge is 0.490 e. The Morgan fingerprint density at radius 3 is 1.97 bits per heavy atom. The number of carboxylic acids is 2. The number of amides is 1. The Morgan fingerprint density at radius 1 is 1.05 bits per heavy atom. The molecule has 37 heavy (non-hydrogen) atoms. The summed E-state index contributed by atoms with van der Waals surface area (Å²) < 4.78 is 63.5. The summed E-state index contributed by atoms with van der Waals surface area (Å²) in [5.41, 5.74) is 0.790. The molecule has 1 aromatic heterocycles. The number of carbonyl (C=O) groups excluding carboxylic acids is 1. The molecule has 0 atom stereocenters. The number of piperidine rings is 1. The first-order chi connectivity index (χ1) is 17.0. The number of aliphatic carboxylic acids is 2. The molecule has 206 valence electrons. The molecule has 3 heterocycles. The standard InChI is InChI=1S/C17H23N5O.2C2HF3O2/c1-20-11-12-22(10-6-18)16(23)17(20)4-8-21(9-5-17)14-15-3-2-7-19-13-15;2*3-2(4,5)1(6)7/h2-3,7,13H,4-5,8-12,14H2,1H3;2*(H,6,7). The zero-order valence-corrected chi connectivity index (χ0v) is 19.6. The van der Waals surface area contributed by atoms with Gasteiger partial charge in [0.25, 0.3) is 0 Å². The molecule has 2 saturated heterocycles. The minimum absolute atomic E-state index is 0.133. The lowest BCUT2D eigenvalue weighted by molar-refractivity contribution is -0.193. The van der Waals surface area contributed by atoms with E-state index >= 15 is 0 Å². The van der Waals surface area contributed by atoms with E-state index in [4.69, 9.17) is 25.1 Å². The number of hydrogen-bond acceptors (Lipinski definition) is 7. The van der Waals surface area contributed by atoms with Crippen molar-refractivity contribution in [3.63, 3.8) is 0 Å². The summed E-state index contributed by atoms with van der Waals surface area (Å²) in [5, 5.41) is 23.2. The summed E-state index contributed by atoms with van der Waals surface area (Å²) >= 11 is 0. The van der Waals surface area contributed by atoms with Crippen molar-refractivity contribution >= 4 is 17.8 Å². The van der Waals surface area contributed by atoms with E-state index < -0.39 is 29.8 Å². The average Bonchev–Trinajstić information content (AvgIpc) is 2.81. The van der Waals surface area contributed by atoms with E-state index in [0.717, 1.165) is 39.0 Å². The Balaban J connectivity index is 0.000000404. The van der Waals surface area contributed by atoms with Gasteiger partial charge >= 0.3 is 24.3 Å². The summed E-state index contributed by atoms with van der Waals surface area (Å²) in [6.07, 6.45) is -4.83. The average molecular weight is 541 g/mol. The Kier molecular flexibility index (Phi) is 11.3. The van der Waals surface area contributed by atoms with Gasteiger partial charge in [0.2, 0.25) is 5.91 Å². The maximum absolute atomic E-state index is 12.9. The third-order valence-electron chi connectivity index (χ3n) is 5.68. The van der Waals surface area contributed by atoms with E-state index in [1.165, 1.54) is 5.56 Å². The molecule has 2 aliphatic heterocycles. The lowest BCUT2D eigenvalue weighted by atomic mass is 9.82. The molecule has 3 rings (SSSR count). The number of halogens is 6. The summed E-state index contributed by atoms with van der Waals surface area (Å²) in [5.74, 6) is -5.38. The predicted octanol–water partition coefficient (Wildman–Crippen LogP) is 1.98. The van der Waals surface area contributed by atoms with Crippen molar-refractivity contribution in [2.75, 3.05) is 39.8 Å².